The highest BCUT2D eigenvalue weighted by atomic mass is 19.2. The molecule has 1 saturated heterocycles. The van der Waals surface area contributed by atoms with E-state index in [1.165, 1.54) is 10.6 Å². The Morgan fingerprint density at radius 2 is 1.97 bits per heavy atom. The molecule has 8 nitrogen and oxygen atoms in total. The normalized spacial score (nSPS) is 16.8. The van der Waals surface area contributed by atoms with Gasteiger partial charge in [-0.15, -0.1) is 0 Å². The number of ether oxygens (including phenoxy) is 1. The van der Waals surface area contributed by atoms with Crippen LogP contribution in [0, 0.1) is 24.4 Å². The second-order valence-corrected chi connectivity index (χ2v) is 10.1. The first-order valence-electron chi connectivity index (χ1n) is 12.7. The van der Waals surface area contributed by atoms with Crippen LogP contribution < -0.4 is 20.6 Å². The molecule has 0 amide bonds. The van der Waals surface area contributed by atoms with Gasteiger partial charge >= 0.3 is 5.69 Å². The standard InChI is InChI=1S/C28H26F3N5O3/c1-13(2)24-25(14(3)6-7-33-24)36-18-10-16(20-19(37)5-4-17(29)23(20)31)22(30)26-21(18)27(34-28(36)38)35-9-8-32-11-15(35)12-39-26/h4-7,10,13,15,32,37H,8-9,11-12H2,1-3H3/t15-/m1/s1. The van der Waals surface area contributed by atoms with Crippen molar-refractivity contribution in [2.24, 2.45) is 0 Å². The van der Waals surface area contributed by atoms with Gasteiger partial charge < -0.3 is 20.1 Å². The molecule has 2 aliphatic heterocycles. The van der Waals surface area contributed by atoms with Crippen LogP contribution in [0.4, 0.5) is 19.0 Å². The molecule has 6 rings (SSSR count). The summed E-state index contributed by atoms with van der Waals surface area (Å²) in [5.74, 6) is -4.39. The number of pyridine rings is 1. The van der Waals surface area contributed by atoms with Crippen molar-refractivity contribution < 1.29 is 23.0 Å². The van der Waals surface area contributed by atoms with E-state index in [1.54, 1.807) is 12.3 Å². The summed E-state index contributed by atoms with van der Waals surface area (Å²) in [6.07, 6.45) is 1.64. The molecule has 2 aromatic heterocycles. The van der Waals surface area contributed by atoms with Gasteiger partial charge in [0.05, 0.1) is 33.9 Å². The Morgan fingerprint density at radius 1 is 1.18 bits per heavy atom. The highest BCUT2D eigenvalue weighted by molar-refractivity contribution is 6.00. The number of aromatic hydroxyl groups is 1. The van der Waals surface area contributed by atoms with Gasteiger partial charge in [0.1, 0.15) is 18.2 Å². The summed E-state index contributed by atoms with van der Waals surface area (Å²) in [4.78, 5) is 24.7. The van der Waals surface area contributed by atoms with Gasteiger partial charge in [-0.05, 0) is 42.7 Å². The van der Waals surface area contributed by atoms with Gasteiger partial charge in [-0.3, -0.25) is 9.55 Å². The molecule has 0 spiro atoms. The second-order valence-electron chi connectivity index (χ2n) is 10.1. The summed E-state index contributed by atoms with van der Waals surface area (Å²) < 4.78 is 53.0. The van der Waals surface area contributed by atoms with Gasteiger partial charge in [0.25, 0.3) is 0 Å². The number of hydrogen-bond acceptors (Lipinski definition) is 7. The maximum atomic E-state index is 16.3. The molecule has 4 heterocycles. The van der Waals surface area contributed by atoms with Crippen LogP contribution in [-0.4, -0.2) is 51.9 Å². The Bertz CT molecular complexity index is 1710. The third-order valence-corrected chi connectivity index (χ3v) is 7.37. The fourth-order valence-electron chi connectivity index (χ4n) is 5.50. The predicted molar refractivity (Wildman–Crippen MR) is 140 cm³/mol. The zero-order valence-corrected chi connectivity index (χ0v) is 21.6. The van der Waals surface area contributed by atoms with Gasteiger partial charge in [0, 0.05) is 31.4 Å². The van der Waals surface area contributed by atoms with E-state index >= 15 is 8.78 Å². The number of aromatic nitrogens is 3. The molecule has 1 atom stereocenters. The number of hydrogen-bond donors (Lipinski definition) is 2. The van der Waals surface area contributed by atoms with E-state index in [0.717, 1.165) is 17.7 Å². The van der Waals surface area contributed by atoms with E-state index in [9.17, 15) is 14.3 Å². The van der Waals surface area contributed by atoms with E-state index in [0.29, 0.717) is 31.0 Å². The molecule has 2 aliphatic rings. The van der Waals surface area contributed by atoms with E-state index in [2.05, 4.69) is 15.3 Å². The zero-order valence-electron chi connectivity index (χ0n) is 21.6. The average molecular weight is 538 g/mol. The number of phenols is 1. The van der Waals surface area contributed by atoms with Gasteiger partial charge in [-0.1, -0.05) is 13.8 Å². The lowest BCUT2D eigenvalue weighted by Crippen LogP contribution is -2.54. The van der Waals surface area contributed by atoms with Crippen molar-refractivity contribution in [2.75, 3.05) is 31.1 Å². The number of halogens is 3. The molecule has 0 saturated carbocycles. The summed E-state index contributed by atoms with van der Waals surface area (Å²) in [7, 11) is 0. The van der Waals surface area contributed by atoms with Gasteiger partial charge in [-0.2, -0.15) is 4.98 Å². The number of anilines is 1. The maximum Gasteiger partial charge on any atom is 0.354 e. The number of fused-ring (bicyclic) bond motifs is 2. The number of benzene rings is 2. The van der Waals surface area contributed by atoms with Crippen LogP contribution in [0.15, 0.2) is 35.3 Å². The van der Waals surface area contributed by atoms with Crippen LogP contribution in [0.5, 0.6) is 11.5 Å². The first-order chi connectivity index (χ1) is 18.7. The van der Waals surface area contributed by atoms with Crippen molar-refractivity contribution in [3.63, 3.8) is 0 Å². The molecule has 0 bridgehead atoms. The fourth-order valence-corrected chi connectivity index (χ4v) is 5.50. The van der Waals surface area contributed by atoms with Crippen molar-refractivity contribution in [3.8, 4) is 28.3 Å². The lowest BCUT2D eigenvalue weighted by atomic mass is 9.99. The Labute approximate surface area is 221 Å². The molecular weight excluding hydrogens is 511 g/mol. The quantitative estimate of drug-likeness (QED) is 0.405. The van der Waals surface area contributed by atoms with Crippen molar-refractivity contribution in [1.82, 2.24) is 19.9 Å². The number of rotatable bonds is 3. The molecule has 0 aliphatic carbocycles. The monoisotopic (exact) mass is 537 g/mol. The Hall–Kier alpha value is -4.12. The molecule has 39 heavy (non-hydrogen) atoms. The Balaban J connectivity index is 1.80. The summed E-state index contributed by atoms with van der Waals surface area (Å²) in [6, 6.07) is 4.47. The van der Waals surface area contributed by atoms with Crippen LogP contribution in [0.3, 0.4) is 0 Å². The van der Waals surface area contributed by atoms with Crippen LogP contribution in [0.2, 0.25) is 0 Å². The molecule has 1 fully saturated rings. The number of piperazine rings is 1. The number of phenolic OH excluding ortho intramolecular Hbond substituents is 1. The lowest BCUT2D eigenvalue weighted by molar-refractivity contribution is 0.264. The molecule has 2 N–H and O–H groups in total. The molecule has 11 heteroatoms. The highest BCUT2D eigenvalue weighted by Crippen LogP contribution is 2.45. The first-order valence-corrected chi connectivity index (χ1v) is 12.7. The molecule has 0 unspecified atom stereocenters. The first kappa shape index (κ1) is 25.2. The zero-order chi connectivity index (χ0) is 27.6. The van der Waals surface area contributed by atoms with Crippen molar-refractivity contribution >= 4 is 16.7 Å². The van der Waals surface area contributed by atoms with E-state index in [4.69, 9.17) is 4.74 Å². The molecular formula is C28H26F3N5O3. The smallest absolute Gasteiger partial charge is 0.354 e. The SMILES string of the molecule is Cc1ccnc(C(C)C)c1-n1c(=O)nc2c3c(c(F)c(-c4c(O)ccc(F)c4F)cc31)OC[C@H]1CNCCN21. The number of nitrogens with zero attached hydrogens (tertiary/aromatic N) is 4. The molecule has 2 aromatic carbocycles. The van der Waals surface area contributed by atoms with E-state index in [1.807, 2.05) is 25.7 Å². The fraction of sp³-hybridized carbons (Fsp3) is 0.321. The Morgan fingerprint density at radius 3 is 2.74 bits per heavy atom. The molecule has 0 radical (unpaired) electrons. The average Bonchev–Trinajstić information content (AvgIpc) is 3.07. The van der Waals surface area contributed by atoms with Crippen molar-refractivity contribution in [1.29, 1.82) is 0 Å². The van der Waals surface area contributed by atoms with Crippen LogP contribution in [0.1, 0.15) is 31.0 Å². The van der Waals surface area contributed by atoms with Gasteiger partial charge in [-0.25, -0.2) is 18.0 Å². The van der Waals surface area contributed by atoms with E-state index in [-0.39, 0.29) is 41.0 Å². The van der Waals surface area contributed by atoms with Gasteiger partial charge in [0.15, 0.2) is 23.2 Å². The largest absolute Gasteiger partial charge is 0.507 e. The third-order valence-electron chi connectivity index (χ3n) is 7.37. The van der Waals surface area contributed by atoms with Crippen LogP contribution in [0.25, 0.3) is 27.7 Å². The minimum Gasteiger partial charge on any atom is -0.507 e. The minimum atomic E-state index is -1.42. The highest BCUT2D eigenvalue weighted by Gasteiger charge is 2.35. The third kappa shape index (κ3) is 3.82. The summed E-state index contributed by atoms with van der Waals surface area (Å²) in [5.41, 5.74) is 0.222. The van der Waals surface area contributed by atoms with Crippen molar-refractivity contribution in [2.45, 2.75) is 32.7 Å². The predicted octanol–water partition coefficient (Wildman–Crippen LogP) is 4.17. The van der Waals surface area contributed by atoms with Crippen LogP contribution >= 0.6 is 0 Å². The molecule has 4 aromatic rings. The number of nitrogens with one attached hydrogen (secondary N) is 1. The van der Waals surface area contributed by atoms with E-state index < -0.39 is 40.0 Å². The number of aryl methyl sites for hydroxylation is 1. The lowest BCUT2D eigenvalue weighted by Gasteiger charge is -2.35. The Kier molecular flexibility index (Phi) is 5.98. The maximum absolute atomic E-state index is 16.3. The molecule has 202 valence electrons. The summed E-state index contributed by atoms with van der Waals surface area (Å²) >= 11 is 0. The minimum absolute atomic E-state index is 0.0633. The van der Waals surface area contributed by atoms with Crippen LogP contribution in [-0.2, 0) is 0 Å². The second kappa shape index (κ2) is 9.26. The topological polar surface area (TPSA) is 92.5 Å². The summed E-state index contributed by atoms with van der Waals surface area (Å²) in [5, 5.41) is 14.0. The summed E-state index contributed by atoms with van der Waals surface area (Å²) in [6.45, 7) is 7.39. The van der Waals surface area contributed by atoms with Gasteiger partial charge in [0.2, 0.25) is 0 Å². The van der Waals surface area contributed by atoms with Crippen molar-refractivity contribution in [3.05, 3.63) is 69.7 Å².